The molecule has 60 heavy (non-hydrogen) atoms. The summed E-state index contributed by atoms with van der Waals surface area (Å²) in [5.74, 6) is 0. The molecular formula is C54H38N2O4. The highest BCUT2D eigenvalue weighted by Crippen LogP contribution is 2.30. The van der Waals surface area contributed by atoms with Gasteiger partial charge in [0.25, 0.3) is 11.4 Å². The summed E-state index contributed by atoms with van der Waals surface area (Å²) in [6.07, 6.45) is 12.8. The number of nitrogens with zero attached hydrogens (tertiary/aromatic N) is 2. The van der Waals surface area contributed by atoms with Crippen LogP contribution in [0.4, 0.5) is 11.4 Å². The summed E-state index contributed by atoms with van der Waals surface area (Å²) in [6, 6.07) is 62.9. The first-order valence-electron chi connectivity index (χ1n) is 19.5. The molecule has 0 unspecified atom stereocenters. The lowest BCUT2D eigenvalue weighted by Crippen LogP contribution is -1.91. The van der Waals surface area contributed by atoms with Gasteiger partial charge in [-0.25, -0.2) is 0 Å². The van der Waals surface area contributed by atoms with Crippen LogP contribution in [0.1, 0.15) is 55.6 Å². The molecule has 8 rings (SSSR count). The Balaban J connectivity index is 1.05. The van der Waals surface area contributed by atoms with E-state index in [0.717, 1.165) is 77.6 Å². The van der Waals surface area contributed by atoms with Crippen LogP contribution in [0.5, 0.6) is 0 Å². The van der Waals surface area contributed by atoms with E-state index in [1.54, 1.807) is 48.5 Å². The van der Waals surface area contributed by atoms with Gasteiger partial charge in [-0.05, 0) is 126 Å². The summed E-state index contributed by atoms with van der Waals surface area (Å²) >= 11 is 0. The molecular weight excluding hydrogens is 741 g/mol. The molecule has 8 aromatic rings. The lowest BCUT2D eigenvalue weighted by atomic mass is 9.95. The van der Waals surface area contributed by atoms with Crippen LogP contribution in [0.2, 0.25) is 0 Å². The Morgan fingerprint density at radius 1 is 0.350 bits per heavy atom. The fourth-order valence-electron chi connectivity index (χ4n) is 7.10. The molecule has 6 nitrogen and oxygen atoms in total. The minimum atomic E-state index is -0.382. The second kappa shape index (κ2) is 17.9. The molecule has 0 atom stereocenters. The minimum absolute atomic E-state index is 0.0620. The van der Waals surface area contributed by atoms with Crippen LogP contribution in [-0.4, -0.2) is 9.85 Å². The third kappa shape index (κ3) is 9.31. The van der Waals surface area contributed by atoms with E-state index in [-0.39, 0.29) is 21.2 Å². The van der Waals surface area contributed by atoms with Crippen molar-refractivity contribution in [2.45, 2.75) is 0 Å². The normalized spacial score (nSPS) is 12.0. The van der Waals surface area contributed by atoms with E-state index in [1.807, 2.05) is 60.7 Å². The largest absolute Gasteiger partial charge is 0.269 e. The third-order valence-electron chi connectivity index (χ3n) is 10.3. The van der Waals surface area contributed by atoms with Crippen LogP contribution < -0.4 is 0 Å². The summed E-state index contributed by atoms with van der Waals surface area (Å²) in [7, 11) is 0. The molecule has 288 valence electrons. The zero-order valence-corrected chi connectivity index (χ0v) is 32.5. The van der Waals surface area contributed by atoms with Crippen molar-refractivity contribution in [1.29, 1.82) is 0 Å². The van der Waals surface area contributed by atoms with E-state index in [9.17, 15) is 20.2 Å². The number of rotatable bonds is 12. The van der Waals surface area contributed by atoms with Crippen LogP contribution in [0.25, 0.3) is 58.4 Å². The van der Waals surface area contributed by atoms with Gasteiger partial charge in [-0.2, -0.15) is 0 Å². The lowest BCUT2D eigenvalue weighted by Gasteiger charge is -2.09. The third-order valence-corrected chi connectivity index (χ3v) is 10.3. The van der Waals surface area contributed by atoms with Crippen molar-refractivity contribution < 1.29 is 9.85 Å². The zero-order chi connectivity index (χ0) is 41.3. The Kier molecular flexibility index (Phi) is 11.5. The first-order valence-corrected chi connectivity index (χ1v) is 19.5. The standard InChI is InChI=1S/C54H38N2O4/c57-55(58)51-31-27-45(28-32-51)53(43-9-3-1-4-10-43)35-41-19-15-39(16-20-41)23-25-49-37-47-13-7-8-14-48(47)38-50(49)26-24-40-17-21-42(22-18-40)36-54(44-11-5-2-6-12-44)46-29-33-52(34-30-46)56(59)60/h1-38H/b25-23+,26-24+,53-35+,54-36+. The van der Waals surface area contributed by atoms with Crippen LogP contribution in [0.15, 0.2) is 194 Å². The highest BCUT2D eigenvalue weighted by Gasteiger charge is 2.11. The molecule has 0 aliphatic heterocycles. The van der Waals surface area contributed by atoms with Crippen molar-refractivity contribution in [2.75, 3.05) is 0 Å². The van der Waals surface area contributed by atoms with Gasteiger partial charge in [-0.3, -0.25) is 20.2 Å². The minimum Gasteiger partial charge on any atom is -0.258 e. The number of nitro groups is 2. The van der Waals surface area contributed by atoms with Crippen molar-refractivity contribution in [3.8, 4) is 0 Å². The molecule has 0 radical (unpaired) electrons. The Morgan fingerprint density at radius 2 is 0.667 bits per heavy atom. The maximum Gasteiger partial charge on any atom is 0.269 e. The van der Waals surface area contributed by atoms with Crippen LogP contribution in [-0.2, 0) is 0 Å². The summed E-state index contributed by atoms with van der Waals surface area (Å²) in [4.78, 5) is 21.8. The number of hydrogen-bond donors (Lipinski definition) is 0. The van der Waals surface area contributed by atoms with E-state index in [1.165, 1.54) is 0 Å². The van der Waals surface area contributed by atoms with Crippen molar-refractivity contribution in [2.24, 2.45) is 0 Å². The van der Waals surface area contributed by atoms with Gasteiger partial charge in [0.1, 0.15) is 0 Å². The van der Waals surface area contributed by atoms with E-state index < -0.39 is 0 Å². The second-order valence-electron chi connectivity index (χ2n) is 14.3. The maximum absolute atomic E-state index is 11.3. The number of non-ortho nitro benzene ring substituents is 2. The number of hydrogen-bond acceptors (Lipinski definition) is 4. The molecule has 0 fully saturated rings. The molecule has 0 amide bonds. The molecule has 0 N–H and O–H groups in total. The molecule has 0 aliphatic carbocycles. The smallest absolute Gasteiger partial charge is 0.258 e. The summed E-state index contributed by atoms with van der Waals surface area (Å²) < 4.78 is 0. The van der Waals surface area contributed by atoms with E-state index in [0.29, 0.717) is 0 Å². The molecule has 6 heteroatoms. The molecule has 8 aromatic carbocycles. The lowest BCUT2D eigenvalue weighted by molar-refractivity contribution is -0.385. The van der Waals surface area contributed by atoms with Gasteiger partial charge >= 0.3 is 0 Å². The molecule has 0 aromatic heterocycles. The van der Waals surface area contributed by atoms with Gasteiger partial charge in [0.05, 0.1) is 9.85 Å². The Hall–Kier alpha value is -8.22. The predicted octanol–water partition coefficient (Wildman–Crippen LogP) is 14.2. The van der Waals surface area contributed by atoms with Crippen molar-refractivity contribution in [3.63, 3.8) is 0 Å². The van der Waals surface area contributed by atoms with Crippen LogP contribution in [0.3, 0.4) is 0 Å². The van der Waals surface area contributed by atoms with Gasteiger partial charge in [0.2, 0.25) is 0 Å². The highest BCUT2D eigenvalue weighted by molar-refractivity contribution is 5.94. The van der Waals surface area contributed by atoms with Gasteiger partial charge in [-0.1, -0.05) is 158 Å². The Bertz CT molecular complexity index is 2710. The van der Waals surface area contributed by atoms with E-state index in [4.69, 9.17) is 0 Å². The molecule has 0 heterocycles. The average Bonchev–Trinajstić information content (AvgIpc) is 3.30. The SMILES string of the molecule is O=[N+]([O-])c1ccc(/C(=C/c2ccc(/C=C/c3cc4ccccc4cc3/C=C/c3ccc(/C=C(\c4ccccc4)c4ccc([N+](=O)[O-])cc4)cc3)cc2)c2ccccc2)cc1. The fourth-order valence-corrected chi connectivity index (χ4v) is 7.10. The first kappa shape index (κ1) is 38.6. The van der Waals surface area contributed by atoms with Crippen molar-refractivity contribution in [3.05, 3.63) is 270 Å². The molecule has 0 spiro atoms. The number of nitro benzene ring substituents is 2. The topological polar surface area (TPSA) is 86.3 Å². The monoisotopic (exact) mass is 778 g/mol. The molecule has 0 saturated heterocycles. The van der Waals surface area contributed by atoms with E-state index >= 15 is 0 Å². The van der Waals surface area contributed by atoms with Gasteiger partial charge in [-0.15, -0.1) is 0 Å². The summed E-state index contributed by atoms with van der Waals surface area (Å²) in [6.45, 7) is 0. The maximum atomic E-state index is 11.3. The van der Waals surface area contributed by atoms with Gasteiger partial charge < -0.3 is 0 Å². The quantitative estimate of drug-likeness (QED) is 0.0702. The number of benzene rings is 8. The fraction of sp³-hybridized carbons (Fsp3) is 0. The summed E-state index contributed by atoms with van der Waals surface area (Å²) in [5.41, 5.74) is 12.3. The van der Waals surface area contributed by atoms with Crippen molar-refractivity contribution >= 4 is 69.7 Å². The van der Waals surface area contributed by atoms with Gasteiger partial charge in [0, 0.05) is 24.3 Å². The first-order chi connectivity index (χ1) is 29.4. The van der Waals surface area contributed by atoms with Crippen LogP contribution >= 0.6 is 0 Å². The predicted molar refractivity (Wildman–Crippen MR) is 248 cm³/mol. The second-order valence-corrected chi connectivity index (χ2v) is 14.3. The van der Waals surface area contributed by atoms with Gasteiger partial charge in [0.15, 0.2) is 0 Å². The summed E-state index contributed by atoms with van der Waals surface area (Å²) in [5, 5.41) is 24.9. The molecule has 0 saturated carbocycles. The van der Waals surface area contributed by atoms with Crippen molar-refractivity contribution in [1.82, 2.24) is 0 Å². The Morgan fingerprint density at radius 3 is 1.02 bits per heavy atom. The highest BCUT2D eigenvalue weighted by atomic mass is 16.6. The van der Waals surface area contributed by atoms with E-state index in [2.05, 4.69) is 121 Å². The molecule has 0 bridgehead atoms. The molecule has 0 aliphatic rings. The zero-order valence-electron chi connectivity index (χ0n) is 32.5. The average molecular weight is 779 g/mol. The Labute approximate surface area is 348 Å². The number of fused-ring (bicyclic) bond motifs is 1. The van der Waals surface area contributed by atoms with Crippen LogP contribution in [0, 0.1) is 20.2 Å².